The molecule has 7 heteroatoms. The van der Waals surface area contributed by atoms with E-state index < -0.39 is 26.4 Å². The summed E-state index contributed by atoms with van der Waals surface area (Å²) in [5.74, 6) is -0.865. The Kier molecular flexibility index (Phi) is 4.66. The molecule has 25 heavy (non-hydrogen) atoms. The lowest BCUT2D eigenvalue weighted by Gasteiger charge is -2.16. The predicted octanol–water partition coefficient (Wildman–Crippen LogP) is 2.68. The van der Waals surface area contributed by atoms with E-state index in [9.17, 15) is 12.8 Å². The molecule has 0 unspecified atom stereocenters. The average molecular weight is 379 g/mol. The summed E-state index contributed by atoms with van der Waals surface area (Å²) in [7, 11) is -2.21. The van der Waals surface area contributed by atoms with E-state index in [4.69, 9.17) is 22.7 Å². The Morgan fingerprint density at radius 3 is 2.32 bits per heavy atom. The molecule has 1 saturated carbocycles. The van der Waals surface area contributed by atoms with Crippen molar-refractivity contribution in [1.29, 1.82) is 0 Å². The van der Waals surface area contributed by atoms with Crippen LogP contribution in [0, 0.1) is 11.2 Å². The van der Waals surface area contributed by atoms with Crippen LogP contribution in [0.25, 0.3) is 0 Å². The molecule has 132 valence electrons. The minimum absolute atomic E-state index is 0.0844. The number of hydrogen-bond acceptors (Lipinski definition) is 4. The second-order valence-electron chi connectivity index (χ2n) is 6.15. The Bertz CT molecular complexity index is 884. The number of hydrogen-bond donors (Lipinski definition) is 1. The fraction of sp³-hybridized carbons (Fsp3) is 0.278. The Labute approximate surface area is 151 Å². The number of thiocarbonyl (C=S) groups is 1. The molecule has 0 saturated heterocycles. The molecular formula is C18H18FNO3S2. The molecule has 1 fully saturated rings. The number of nitrogens with two attached hydrogens (primary N) is 1. The van der Waals surface area contributed by atoms with Crippen LogP contribution in [-0.4, -0.2) is 32.4 Å². The van der Waals surface area contributed by atoms with Gasteiger partial charge in [0.15, 0.2) is 9.84 Å². The quantitative estimate of drug-likeness (QED) is 0.782. The molecular weight excluding hydrogens is 361 g/mol. The molecule has 0 heterocycles. The molecule has 3 rings (SSSR count). The van der Waals surface area contributed by atoms with Gasteiger partial charge in [0.05, 0.1) is 27.2 Å². The van der Waals surface area contributed by atoms with Gasteiger partial charge in [-0.1, -0.05) is 42.5 Å². The van der Waals surface area contributed by atoms with Crippen molar-refractivity contribution in [3.63, 3.8) is 0 Å². The summed E-state index contributed by atoms with van der Waals surface area (Å²) in [6, 6.07) is 13.9. The predicted molar refractivity (Wildman–Crippen MR) is 97.7 cm³/mol. The maximum atomic E-state index is 13.3. The van der Waals surface area contributed by atoms with Crippen molar-refractivity contribution in [3.8, 4) is 0 Å². The van der Waals surface area contributed by atoms with Crippen LogP contribution in [0.5, 0.6) is 0 Å². The van der Waals surface area contributed by atoms with Crippen molar-refractivity contribution < 1.29 is 17.5 Å². The van der Waals surface area contributed by atoms with E-state index in [0.29, 0.717) is 5.56 Å². The number of sulfone groups is 1. The molecule has 2 aromatic rings. The lowest BCUT2D eigenvalue weighted by atomic mass is 10.00. The van der Waals surface area contributed by atoms with Gasteiger partial charge in [0, 0.05) is 13.0 Å². The van der Waals surface area contributed by atoms with Crippen molar-refractivity contribution in [1.82, 2.24) is 0 Å². The van der Waals surface area contributed by atoms with Gasteiger partial charge in [-0.15, -0.1) is 0 Å². The molecule has 0 bridgehead atoms. The van der Waals surface area contributed by atoms with E-state index in [-0.39, 0.29) is 22.3 Å². The first-order valence-electron chi connectivity index (χ1n) is 7.69. The van der Waals surface area contributed by atoms with Crippen LogP contribution in [0.4, 0.5) is 4.39 Å². The second-order valence-corrected chi connectivity index (χ2v) is 8.65. The van der Waals surface area contributed by atoms with Crippen molar-refractivity contribution >= 4 is 27.0 Å². The van der Waals surface area contributed by atoms with Crippen molar-refractivity contribution in [2.45, 2.75) is 16.1 Å². The summed E-state index contributed by atoms with van der Waals surface area (Å²) in [4.78, 5) is 0.300. The average Bonchev–Trinajstić information content (AvgIpc) is 3.28. The van der Waals surface area contributed by atoms with Crippen LogP contribution in [-0.2, 0) is 14.6 Å². The van der Waals surface area contributed by atoms with Crippen LogP contribution >= 0.6 is 12.2 Å². The standard InChI is InChI=1S/C18H18FNO3S2/c1-23-11-18(17(20)24)15(12-7-9-13(19)10-8-12)16(18)25(21,22)14-5-3-2-4-6-14/h2-10,15-16H,11H2,1H3,(H2,20,24)/t15-,16+,18-/m1/s1. The maximum Gasteiger partial charge on any atom is 0.182 e. The number of benzene rings is 2. The molecule has 0 amide bonds. The third kappa shape index (κ3) is 2.86. The lowest BCUT2D eigenvalue weighted by Crippen LogP contribution is -2.33. The largest absolute Gasteiger partial charge is 0.393 e. The molecule has 2 N–H and O–H groups in total. The fourth-order valence-electron chi connectivity index (χ4n) is 3.54. The van der Waals surface area contributed by atoms with Crippen molar-refractivity contribution in [2.24, 2.45) is 11.1 Å². The van der Waals surface area contributed by atoms with Crippen LogP contribution in [0.1, 0.15) is 11.5 Å². The molecule has 0 aromatic heterocycles. The molecule has 0 aliphatic heterocycles. The van der Waals surface area contributed by atoms with Gasteiger partial charge in [0.1, 0.15) is 5.82 Å². The van der Waals surface area contributed by atoms with Gasteiger partial charge in [0.2, 0.25) is 0 Å². The highest BCUT2D eigenvalue weighted by atomic mass is 32.2. The van der Waals surface area contributed by atoms with Crippen LogP contribution in [0.15, 0.2) is 59.5 Å². The van der Waals surface area contributed by atoms with Gasteiger partial charge in [-0.25, -0.2) is 12.8 Å². The number of ether oxygens (including phenoxy) is 1. The summed E-state index contributed by atoms with van der Waals surface area (Å²) in [5.41, 5.74) is 5.63. The molecule has 0 spiro atoms. The van der Waals surface area contributed by atoms with Crippen LogP contribution < -0.4 is 5.73 Å². The molecule has 3 atom stereocenters. The highest BCUT2D eigenvalue weighted by Crippen LogP contribution is 2.64. The van der Waals surface area contributed by atoms with E-state index in [1.807, 2.05) is 0 Å². The number of rotatable bonds is 6. The van der Waals surface area contributed by atoms with E-state index >= 15 is 0 Å². The lowest BCUT2D eigenvalue weighted by molar-refractivity contribution is 0.166. The maximum absolute atomic E-state index is 13.3. The molecule has 1 aliphatic carbocycles. The van der Waals surface area contributed by atoms with Gasteiger partial charge in [-0.2, -0.15) is 0 Å². The Morgan fingerprint density at radius 1 is 1.20 bits per heavy atom. The zero-order chi connectivity index (χ0) is 18.2. The summed E-state index contributed by atoms with van der Waals surface area (Å²) < 4.78 is 44.9. The van der Waals surface area contributed by atoms with E-state index in [0.717, 1.165) is 0 Å². The van der Waals surface area contributed by atoms with Crippen molar-refractivity contribution in [3.05, 3.63) is 66.0 Å². The molecule has 0 radical (unpaired) electrons. The first kappa shape index (κ1) is 18.0. The van der Waals surface area contributed by atoms with Gasteiger partial charge in [-0.05, 0) is 29.8 Å². The smallest absolute Gasteiger partial charge is 0.182 e. The summed E-state index contributed by atoms with van der Waals surface area (Å²) in [5, 5.41) is -0.842. The zero-order valence-electron chi connectivity index (χ0n) is 13.6. The fourth-order valence-corrected chi connectivity index (χ4v) is 6.33. The monoisotopic (exact) mass is 379 g/mol. The van der Waals surface area contributed by atoms with E-state index in [1.54, 1.807) is 42.5 Å². The summed E-state index contributed by atoms with van der Waals surface area (Å²) in [6.45, 7) is 0.0844. The van der Waals surface area contributed by atoms with Gasteiger partial charge in [0.25, 0.3) is 0 Å². The van der Waals surface area contributed by atoms with Gasteiger partial charge >= 0.3 is 0 Å². The van der Waals surface area contributed by atoms with Crippen LogP contribution in [0.2, 0.25) is 0 Å². The first-order valence-corrected chi connectivity index (χ1v) is 9.64. The number of halogens is 1. The summed E-state index contributed by atoms with van der Waals surface area (Å²) >= 11 is 5.22. The van der Waals surface area contributed by atoms with Crippen molar-refractivity contribution in [2.75, 3.05) is 13.7 Å². The highest BCUT2D eigenvalue weighted by Gasteiger charge is 2.73. The molecule has 4 nitrogen and oxygen atoms in total. The van der Waals surface area contributed by atoms with E-state index in [1.165, 1.54) is 19.2 Å². The van der Waals surface area contributed by atoms with E-state index in [2.05, 4.69) is 0 Å². The number of methoxy groups -OCH3 is 1. The minimum atomic E-state index is -3.69. The summed E-state index contributed by atoms with van der Waals surface area (Å²) in [6.07, 6.45) is 0. The second kappa shape index (κ2) is 6.48. The molecule has 1 aliphatic rings. The molecule has 2 aromatic carbocycles. The Hall–Kier alpha value is -1.83. The first-order chi connectivity index (χ1) is 11.9. The Balaban J connectivity index is 2.12. The topological polar surface area (TPSA) is 69.4 Å². The normalized spacial score (nSPS) is 25.5. The van der Waals surface area contributed by atoms with Gasteiger partial charge in [-0.3, -0.25) is 0 Å². The Morgan fingerprint density at radius 2 is 1.80 bits per heavy atom. The van der Waals surface area contributed by atoms with Crippen LogP contribution in [0.3, 0.4) is 0 Å². The third-order valence-corrected chi connectivity index (χ3v) is 7.40. The zero-order valence-corrected chi connectivity index (χ0v) is 15.2. The minimum Gasteiger partial charge on any atom is -0.393 e. The highest BCUT2D eigenvalue weighted by molar-refractivity contribution is 7.92. The third-order valence-electron chi connectivity index (χ3n) is 4.73. The van der Waals surface area contributed by atoms with Gasteiger partial charge < -0.3 is 10.5 Å². The SMILES string of the molecule is COC[C@@]1(C(N)=S)[C@H](c2ccc(F)cc2)[C@@H]1S(=O)(=O)c1ccccc1.